The van der Waals surface area contributed by atoms with Gasteiger partial charge in [-0.3, -0.25) is 4.79 Å². The Labute approximate surface area is 127 Å². The maximum absolute atomic E-state index is 12.0. The van der Waals surface area contributed by atoms with Gasteiger partial charge in [0.05, 0.1) is 12.5 Å². The van der Waals surface area contributed by atoms with Gasteiger partial charge in [0, 0.05) is 18.6 Å². The predicted molar refractivity (Wildman–Crippen MR) is 84.6 cm³/mol. The van der Waals surface area contributed by atoms with Crippen molar-refractivity contribution in [3.8, 4) is 11.5 Å². The molecule has 0 saturated heterocycles. The Balaban J connectivity index is 1.83. The molecule has 0 bridgehead atoms. The normalized spacial score (nSPS) is 10.8. The molecule has 0 unspecified atom stereocenters. The van der Waals surface area contributed by atoms with Crippen molar-refractivity contribution in [2.75, 3.05) is 7.11 Å². The second kappa shape index (κ2) is 5.93. The van der Waals surface area contributed by atoms with Gasteiger partial charge in [-0.25, -0.2) is 0 Å². The molecular formula is C18H16O4. The van der Waals surface area contributed by atoms with E-state index < -0.39 is 0 Å². The molecule has 4 heteroatoms. The molecule has 3 rings (SSSR count). The Hall–Kier alpha value is -2.75. The standard InChI is InChI=1S/C18H16O4/c1-21-13-8-6-12(16(19)10-13)7-9-14-11-17(20)15-4-2-3-5-18(15)22-14/h2-6,8,10-11,19H,7,9H2,1H3. The van der Waals surface area contributed by atoms with E-state index in [1.165, 1.54) is 6.07 Å². The SMILES string of the molecule is COc1ccc(CCc2cc(=O)c3ccccc3o2)c(O)c1. The van der Waals surface area contributed by atoms with Gasteiger partial charge in [0.2, 0.25) is 0 Å². The third-order valence-electron chi connectivity index (χ3n) is 3.62. The highest BCUT2D eigenvalue weighted by Crippen LogP contribution is 2.24. The molecule has 3 aromatic rings. The molecule has 0 atom stereocenters. The van der Waals surface area contributed by atoms with Crippen LogP contribution in [0, 0.1) is 0 Å². The van der Waals surface area contributed by atoms with Crippen LogP contribution in [0.4, 0.5) is 0 Å². The molecule has 2 aromatic carbocycles. The number of ether oxygens (including phenoxy) is 1. The van der Waals surface area contributed by atoms with Crippen LogP contribution < -0.4 is 10.2 Å². The highest BCUT2D eigenvalue weighted by molar-refractivity contribution is 5.76. The number of phenolic OH excluding ortho intramolecular Hbond substituents is 1. The van der Waals surface area contributed by atoms with Gasteiger partial charge in [-0.1, -0.05) is 18.2 Å². The zero-order chi connectivity index (χ0) is 15.5. The van der Waals surface area contributed by atoms with Crippen molar-refractivity contribution in [1.82, 2.24) is 0 Å². The van der Waals surface area contributed by atoms with Crippen LogP contribution in [-0.2, 0) is 12.8 Å². The first-order valence-corrected chi connectivity index (χ1v) is 7.05. The molecule has 0 saturated carbocycles. The minimum absolute atomic E-state index is 0.0456. The number of fused-ring (bicyclic) bond motifs is 1. The number of aromatic hydroxyl groups is 1. The number of rotatable bonds is 4. The van der Waals surface area contributed by atoms with Crippen LogP contribution in [-0.4, -0.2) is 12.2 Å². The fourth-order valence-corrected chi connectivity index (χ4v) is 2.42. The molecule has 0 amide bonds. The smallest absolute Gasteiger partial charge is 0.192 e. The molecule has 1 N–H and O–H groups in total. The minimum Gasteiger partial charge on any atom is -0.508 e. The van der Waals surface area contributed by atoms with Crippen molar-refractivity contribution in [2.24, 2.45) is 0 Å². The molecule has 0 aliphatic carbocycles. The number of methoxy groups -OCH3 is 1. The molecule has 22 heavy (non-hydrogen) atoms. The van der Waals surface area contributed by atoms with E-state index in [2.05, 4.69) is 0 Å². The van der Waals surface area contributed by atoms with Crippen molar-refractivity contribution in [3.63, 3.8) is 0 Å². The van der Waals surface area contributed by atoms with Gasteiger partial charge in [0.15, 0.2) is 5.43 Å². The Morgan fingerprint density at radius 3 is 2.68 bits per heavy atom. The Bertz CT molecular complexity index is 864. The van der Waals surface area contributed by atoms with E-state index in [0.717, 1.165) is 5.56 Å². The number of hydrogen-bond acceptors (Lipinski definition) is 4. The molecule has 0 radical (unpaired) electrons. The van der Waals surface area contributed by atoms with Gasteiger partial charge < -0.3 is 14.3 Å². The van der Waals surface area contributed by atoms with Gasteiger partial charge in [0.1, 0.15) is 22.8 Å². The maximum atomic E-state index is 12.0. The van der Waals surface area contributed by atoms with Crippen molar-refractivity contribution >= 4 is 11.0 Å². The molecule has 0 fully saturated rings. The highest BCUT2D eigenvalue weighted by atomic mass is 16.5. The first-order chi connectivity index (χ1) is 10.7. The Kier molecular flexibility index (Phi) is 3.83. The zero-order valence-corrected chi connectivity index (χ0v) is 12.2. The monoisotopic (exact) mass is 296 g/mol. The topological polar surface area (TPSA) is 59.7 Å². The van der Waals surface area contributed by atoms with E-state index >= 15 is 0 Å². The van der Waals surface area contributed by atoms with Crippen LogP contribution in [0.25, 0.3) is 11.0 Å². The fourth-order valence-electron chi connectivity index (χ4n) is 2.42. The number of aryl methyl sites for hydroxylation is 2. The van der Waals surface area contributed by atoms with E-state index in [9.17, 15) is 9.90 Å². The summed E-state index contributed by atoms with van der Waals surface area (Å²) < 4.78 is 10.8. The minimum atomic E-state index is -0.0456. The second-order valence-corrected chi connectivity index (χ2v) is 5.07. The lowest BCUT2D eigenvalue weighted by Crippen LogP contribution is -2.03. The van der Waals surface area contributed by atoms with Gasteiger partial charge in [0.25, 0.3) is 0 Å². The van der Waals surface area contributed by atoms with Crippen molar-refractivity contribution in [1.29, 1.82) is 0 Å². The van der Waals surface area contributed by atoms with E-state index in [1.807, 2.05) is 18.2 Å². The van der Waals surface area contributed by atoms with Gasteiger partial charge in [-0.15, -0.1) is 0 Å². The van der Waals surface area contributed by atoms with Gasteiger partial charge in [-0.05, 0) is 30.2 Å². The molecule has 1 heterocycles. The van der Waals surface area contributed by atoms with E-state index in [0.29, 0.717) is 35.3 Å². The van der Waals surface area contributed by atoms with Crippen molar-refractivity contribution in [2.45, 2.75) is 12.8 Å². The van der Waals surface area contributed by atoms with Gasteiger partial charge in [-0.2, -0.15) is 0 Å². The fraction of sp³-hybridized carbons (Fsp3) is 0.167. The number of hydrogen-bond donors (Lipinski definition) is 1. The summed E-state index contributed by atoms with van der Waals surface area (Å²) in [5.41, 5.74) is 1.33. The van der Waals surface area contributed by atoms with Crippen LogP contribution in [0.3, 0.4) is 0 Å². The molecular weight excluding hydrogens is 280 g/mol. The second-order valence-electron chi connectivity index (χ2n) is 5.07. The van der Waals surface area contributed by atoms with Crippen molar-refractivity contribution < 1.29 is 14.3 Å². The van der Waals surface area contributed by atoms with Crippen molar-refractivity contribution in [3.05, 3.63) is 70.1 Å². The predicted octanol–water partition coefficient (Wildman–Crippen LogP) is 3.29. The molecule has 0 aliphatic heterocycles. The zero-order valence-electron chi connectivity index (χ0n) is 12.2. The lowest BCUT2D eigenvalue weighted by Gasteiger charge is -2.07. The number of para-hydroxylation sites is 1. The van der Waals surface area contributed by atoms with E-state index in [4.69, 9.17) is 9.15 Å². The summed E-state index contributed by atoms with van der Waals surface area (Å²) in [6.45, 7) is 0. The Morgan fingerprint density at radius 2 is 1.91 bits per heavy atom. The summed E-state index contributed by atoms with van der Waals surface area (Å²) in [5.74, 6) is 1.40. The average Bonchev–Trinajstić information content (AvgIpc) is 2.53. The third-order valence-corrected chi connectivity index (χ3v) is 3.62. The van der Waals surface area contributed by atoms with Crippen LogP contribution in [0.2, 0.25) is 0 Å². The Morgan fingerprint density at radius 1 is 1.09 bits per heavy atom. The van der Waals surface area contributed by atoms with Crippen LogP contribution >= 0.6 is 0 Å². The molecule has 4 nitrogen and oxygen atoms in total. The first kappa shape index (κ1) is 14.2. The molecule has 112 valence electrons. The maximum Gasteiger partial charge on any atom is 0.192 e. The average molecular weight is 296 g/mol. The molecule has 1 aromatic heterocycles. The lowest BCUT2D eigenvalue weighted by molar-refractivity contribution is 0.406. The number of benzene rings is 2. The first-order valence-electron chi connectivity index (χ1n) is 7.05. The summed E-state index contributed by atoms with van der Waals surface area (Å²) >= 11 is 0. The van der Waals surface area contributed by atoms with Gasteiger partial charge >= 0.3 is 0 Å². The van der Waals surface area contributed by atoms with Crippen LogP contribution in [0.1, 0.15) is 11.3 Å². The third kappa shape index (κ3) is 2.81. The summed E-state index contributed by atoms with van der Waals surface area (Å²) in [6.07, 6.45) is 1.12. The summed E-state index contributed by atoms with van der Waals surface area (Å²) in [6, 6.07) is 13.9. The van der Waals surface area contributed by atoms with Crippen LogP contribution in [0.15, 0.2) is 57.7 Å². The quantitative estimate of drug-likeness (QED) is 0.802. The summed E-state index contributed by atoms with van der Waals surface area (Å²) in [5, 5.41) is 10.5. The summed E-state index contributed by atoms with van der Waals surface area (Å²) in [4.78, 5) is 12.0. The highest BCUT2D eigenvalue weighted by Gasteiger charge is 2.07. The van der Waals surface area contributed by atoms with E-state index in [1.54, 1.807) is 31.4 Å². The summed E-state index contributed by atoms with van der Waals surface area (Å²) in [7, 11) is 1.55. The molecule has 0 spiro atoms. The largest absolute Gasteiger partial charge is 0.508 e. The lowest BCUT2D eigenvalue weighted by atomic mass is 10.1. The van der Waals surface area contributed by atoms with Crippen LogP contribution in [0.5, 0.6) is 11.5 Å². The van der Waals surface area contributed by atoms with E-state index in [-0.39, 0.29) is 11.2 Å². The number of phenols is 1. The molecule has 0 aliphatic rings.